The van der Waals surface area contributed by atoms with E-state index in [1.165, 1.54) is 7.11 Å². The van der Waals surface area contributed by atoms with Gasteiger partial charge in [-0.25, -0.2) is 4.39 Å². The summed E-state index contributed by atoms with van der Waals surface area (Å²) < 4.78 is 19.3. The van der Waals surface area contributed by atoms with Crippen molar-refractivity contribution in [2.75, 3.05) is 7.11 Å². The van der Waals surface area contributed by atoms with E-state index in [0.29, 0.717) is 5.57 Å². The molecule has 1 atom stereocenters. The fourth-order valence-electron chi connectivity index (χ4n) is 1.74. The lowest BCUT2D eigenvalue weighted by Crippen LogP contribution is -2.27. The third-order valence-corrected chi connectivity index (χ3v) is 2.59. The van der Waals surface area contributed by atoms with Gasteiger partial charge in [-0.2, -0.15) is 0 Å². The molecule has 0 saturated carbocycles. The molecule has 15 heavy (non-hydrogen) atoms. The van der Waals surface area contributed by atoms with Crippen molar-refractivity contribution in [1.29, 1.82) is 0 Å². The molecular formula is C13H13FO. The molecule has 0 heterocycles. The van der Waals surface area contributed by atoms with Crippen molar-refractivity contribution in [1.82, 2.24) is 0 Å². The summed E-state index contributed by atoms with van der Waals surface area (Å²) in [7, 11) is 1.40. The molecule has 0 spiro atoms. The van der Waals surface area contributed by atoms with E-state index in [0.717, 1.165) is 5.56 Å². The molecule has 2 heteroatoms. The number of hydrogen-bond donors (Lipinski definition) is 0. The highest BCUT2D eigenvalue weighted by molar-refractivity contribution is 5.73. The Labute approximate surface area is 88.9 Å². The molecule has 0 fully saturated rings. The summed E-state index contributed by atoms with van der Waals surface area (Å²) in [6, 6.07) is 9.47. The van der Waals surface area contributed by atoms with Gasteiger partial charge in [-0.3, -0.25) is 0 Å². The number of allylic oxidation sites excluding steroid dienone is 2. The van der Waals surface area contributed by atoms with Gasteiger partial charge in [0.05, 0.1) is 0 Å². The summed E-state index contributed by atoms with van der Waals surface area (Å²) in [5, 5.41) is 0. The van der Waals surface area contributed by atoms with Crippen LogP contribution >= 0.6 is 0 Å². The van der Waals surface area contributed by atoms with Crippen LogP contribution in [0, 0.1) is 0 Å². The molecule has 0 radical (unpaired) electrons. The standard InChI is InChI=1S/C13H13FO/c1-15-13(14)10-6-5-9-12(13)11-7-3-2-4-8-11/h2-9H,10H2,1H3. The molecule has 0 bridgehead atoms. The van der Waals surface area contributed by atoms with Gasteiger partial charge in [0.1, 0.15) is 0 Å². The maximum atomic E-state index is 14.3. The Hall–Kier alpha value is -1.41. The van der Waals surface area contributed by atoms with Gasteiger partial charge in [-0.1, -0.05) is 48.6 Å². The van der Waals surface area contributed by atoms with E-state index < -0.39 is 5.85 Å². The second-order valence-corrected chi connectivity index (χ2v) is 3.51. The van der Waals surface area contributed by atoms with E-state index in [2.05, 4.69) is 0 Å². The molecule has 2 rings (SSSR count). The molecule has 1 unspecified atom stereocenters. The van der Waals surface area contributed by atoms with Crippen LogP contribution in [0.5, 0.6) is 0 Å². The van der Waals surface area contributed by atoms with E-state index in [1.54, 1.807) is 12.2 Å². The molecule has 1 nitrogen and oxygen atoms in total. The van der Waals surface area contributed by atoms with Gasteiger partial charge in [-0.15, -0.1) is 0 Å². The normalized spacial score (nSPS) is 25.1. The first-order valence-corrected chi connectivity index (χ1v) is 4.93. The third kappa shape index (κ3) is 1.85. The lowest BCUT2D eigenvalue weighted by Gasteiger charge is -2.27. The van der Waals surface area contributed by atoms with E-state index in [4.69, 9.17) is 4.74 Å². The fourth-order valence-corrected chi connectivity index (χ4v) is 1.74. The zero-order chi connectivity index (χ0) is 10.7. The van der Waals surface area contributed by atoms with Crippen molar-refractivity contribution in [2.24, 2.45) is 0 Å². The number of benzene rings is 1. The minimum absolute atomic E-state index is 0.268. The van der Waals surface area contributed by atoms with Crippen LogP contribution < -0.4 is 0 Å². The number of halogens is 1. The van der Waals surface area contributed by atoms with Gasteiger partial charge < -0.3 is 4.74 Å². The maximum absolute atomic E-state index is 14.3. The molecule has 1 aliphatic carbocycles. The van der Waals surface area contributed by atoms with Gasteiger partial charge in [0.2, 0.25) is 5.85 Å². The van der Waals surface area contributed by atoms with Crippen LogP contribution in [-0.2, 0) is 4.74 Å². The second-order valence-electron chi connectivity index (χ2n) is 3.51. The van der Waals surface area contributed by atoms with Crippen LogP contribution in [0.15, 0.2) is 48.6 Å². The second kappa shape index (κ2) is 3.99. The molecule has 78 valence electrons. The molecule has 0 aromatic heterocycles. The molecule has 1 aromatic carbocycles. The summed E-state index contributed by atoms with van der Waals surface area (Å²) in [6.07, 6.45) is 5.67. The predicted octanol–water partition coefficient (Wildman–Crippen LogP) is 3.34. The zero-order valence-electron chi connectivity index (χ0n) is 8.61. The Morgan fingerprint density at radius 2 is 2.00 bits per heavy atom. The van der Waals surface area contributed by atoms with E-state index in [1.807, 2.05) is 36.4 Å². The summed E-state index contributed by atoms with van der Waals surface area (Å²) in [4.78, 5) is 0. The predicted molar refractivity (Wildman–Crippen MR) is 59.0 cm³/mol. The Bertz CT molecular complexity index is 394. The fraction of sp³-hybridized carbons (Fsp3) is 0.231. The quantitative estimate of drug-likeness (QED) is 0.717. The molecule has 0 saturated heterocycles. The molecule has 0 amide bonds. The summed E-state index contributed by atoms with van der Waals surface area (Å²) in [6.45, 7) is 0. The van der Waals surface area contributed by atoms with E-state index in [9.17, 15) is 4.39 Å². The van der Waals surface area contributed by atoms with Crippen molar-refractivity contribution in [2.45, 2.75) is 12.3 Å². The van der Waals surface area contributed by atoms with Crippen molar-refractivity contribution in [3.05, 3.63) is 54.1 Å². The number of alkyl halides is 1. The van der Waals surface area contributed by atoms with Crippen molar-refractivity contribution < 1.29 is 9.13 Å². The average molecular weight is 204 g/mol. The SMILES string of the molecule is COC1(F)CC=CC=C1c1ccccc1. The number of ether oxygens (including phenoxy) is 1. The lowest BCUT2D eigenvalue weighted by molar-refractivity contribution is -0.0671. The maximum Gasteiger partial charge on any atom is 0.239 e. The van der Waals surface area contributed by atoms with Gasteiger partial charge in [0.25, 0.3) is 0 Å². The number of methoxy groups -OCH3 is 1. The molecule has 1 aliphatic rings. The lowest BCUT2D eigenvalue weighted by atomic mass is 9.92. The van der Waals surface area contributed by atoms with Gasteiger partial charge in [0, 0.05) is 19.1 Å². The minimum Gasteiger partial charge on any atom is -0.345 e. The van der Waals surface area contributed by atoms with Crippen LogP contribution in [-0.4, -0.2) is 13.0 Å². The van der Waals surface area contributed by atoms with Gasteiger partial charge in [-0.05, 0) is 5.56 Å². The summed E-state index contributed by atoms with van der Waals surface area (Å²) >= 11 is 0. The minimum atomic E-state index is -1.68. The Morgan fingerprint density at radius 1 is 1.27 bits per heavy atom. The monoisotopic (exact) mass is 204 g/mol. The van der Waals surface area contributed by atoms with E-state index in [-0.39, 0.29) is 6.42 Å². The third-order valence-electron chi connectivity index (χ3n) is 2.59. The van der Waals surface area contributed by atoms with Crippen LogP contribution in [0.2, 0.25) is 0 Å². The van der Waals surface area contributed by atoms with Crippen LogP contribution in [0.1, 0.15) is 12.0 Å². The first-order chi connectivity index (χ1) is 7.26. The Kier molecular flexibility index (Phi) is 2.69. The molecular weight excluding hydrogens is 191 g/mol. The Balaban J connectivity index is 2.42. The zero-order valence-corrected chi connectivity index (χ0v) is 8.61. The highest BCUT2D eigenvalue weighted by atomic mass is 19.2. The van der Waals surface area contributed by atoms with Crippen LogP contribution in [0.4, 0.5) is 4.39 Å². The van der Waals surface area contributed by atoms with Crippen molar-refractivity contribution in [3.63, 3.8) is 0 Å². The summed E-state index contributed by atoms with van der Waals surface area (Å²) in [5.41, 5.74) is 1.46. The number of rotatable bonds is 2. The van der Waals surface area contributed by atoms with Gasteiger partial charge in [0.15, 0.2) is 0 Å². The van der Waals surface area contributed by atoms with Crippen molar-refractivity contribution in [3.8, 4) is 0 Å². The first kappa shape index (κ1) is 10.1. The molecule has 0 N–H and O–H groups in total. The number of hydrogen-bond acceptors (Lipinski definition) is 1. The van der Waals surface area contributed by atoms with Crippen LogP contribution in [0.3, 0.4) is 0 Å². The highest BCUT2D eigenvalue weighted by Gasteiger charge is 2.34. The van der Waals surface area contributed by atoms with Crippen molar-refractivity contribution >= 4 is 5.57 Å². The smallest absolute Gasteiger partial charge is 0.239 e. The van der Waals surface area contributed by atoms with E-state index >= 15 is 0 Å². The topological polar surface area (TPSA) is 9.23 Å². The highest BCUT2D eigenvalue weighted by Crippen LogP contribution is 2.37. The molecule has 1 aromatic rings. The average Bonchev–Trinajstić information content (AvgIpc) is 2.31. The van der Waals surface area contributed by atoms with Gasteiger partial charge >= 0.3 is 0 Å². The molecule has 0 aliphatic heterocycles. The largest absolute Gasteiger partial charge is 0.345 e. The first-order valence-electron chi connectivity index (χ1n) is 4.93. The Morgan fingerprint density at radius 3 is 2.67 bits per heavy atom. The van der Waals surface area contributed by atoms with Crippen LogP contribution in [0.25, 0.3) is 5.57 Å². The summed E-state index contributed by atoms with van der Waals surface area (Å²) in [5.74, 6) is -1.68.